The molecule has 0 saturated carbocycles. The number of fused-ring (bicyclic) bond motifs is 1. The lowest BCUT2D eigenvalue weighted by atomic mass is 10.1. The molecule has 1 aliphatic rings. The molecule has 4 rings (SSSR count). The minimum Gasteiger partial charge on any atom is -0.494 e. The Kier molecular flexibility index (Phi) is 6.26. The van der Waals surface area contributed by atoms with Gasteiger partial charge in [-0.2, -0.15) is 9.40 Å². The predicted molar refractivity (Wildman–Crippen MR) is 120 cm³/mol. The zero-order chi connectivity index (χ0) is 23.8. The van der Waals surface area contributed by atoms with Crippen LogP contribution in [0.1, 0.15) is 25.6 Å². The molecule has 2 atom stereocenters. The van der Waals surface area contributed by atoms with Gasteiger partial charge in [-0.15, -0.1) is 0 Å². The van der Waals surface area contributed by atoms with E-state index in [1.165, 1.54) is 11.4 Å². The zero-order valence-corrected chi connectivity index (χ0v) is 19.4. The maximum absolute atomic E-state index is 13.3. The highest BCUT2D eigenvalue weighted by Crippen LogP contribution is 2.35. The first-order valence-electron chi connectivity index (χ1n) is 10.6. The van der Waals surface area contributed by atoms with Crippen molar-refractivity contribution in [3.05, 3.63) is 42.2 Å². The number of carboxylic acids is 1. The number of pyridine rings is 1. The van der Waals surface area contributed by atoms with Crippen molar-refractivity contribution in [2.24, 2.45) is 5.92 Å². The molecule has 1 saturated heterocycles. The number of aliphatic carboxylic acids is 1. The van der Waals surface area contributed by atoms with Crippen LogP contribution in [0.5, 0.6) is 11.6 Å². The number of carbonyl (C=O) groups is 1. The molecule has 1 aromatic carbocycles. The quantitative estimate of drug-likeness (QED) is 0.528. The number of methoxy groups -OCH3 is 1. The average Bonchev–Trinajstić information content (AvgIpc) is 3.34. The van der Waals surface area contributed by atoms with Gasteiger partial charge in [0, 0.05) is 30.7 Å². The summed E-state index contributed by atoms with van der Waals surface area (Å²) >= 11 is 0. The number of hydrogen-bond donors (Lipinski definition) is 1. The summed E-state index contributed by atoms with van der Waals surface area (Å²) in [6.45, 7) is 4.85. The van der Waals surface area contributed by atoms with Gasteiger partial charge >= 0.3 is 5.97 Å². The number of rotatable bonds is 8. The molecule has 0 unspecified atom stereocenters. The third-order valence-corrected chi connectivity index (χ3v) is 7.64. The Labute approximate surface area is 191 Å². The standard InChI is InChI=1S/C22H26N4O6S/c1-4-32-15-5-7-16(8-6-15)33(29,30)25-12-14(2)20(13-25)26-19-10-21(31-3)23-11-17(19)18(24-26)9-22(27)28/h5-8,10-11,14,20H,4,9,12-13H2,1-3H3,(H,27,28)/t14-,20+/m1/s1. The van der Waals surface area contributed by atoms with Crippen LogP contribution in [-0.2, 0) is 21.2 Å². The number of nitrogens with zero attached hydrogens (tertiary/aromatic N) is 4. The molecule has 10 nitrogen and oxygen atoms in total. The first kappa shape index (κ1) is 23.0. The van der Waals surface area contributed by atoms with Crippen molar-refractivity contribution in [1.29, 1.82) is 0 Å². The molecule has 11 heteroatoms. The Morgan fingerprint density at radius 3 is 2.61 bits per heavy atom. The summed E-state index contributed by atoms with van der Waals surface area (Å²) in [5.74, 6) is -0.0744. The van der Waals surface area contributed by atoms with Crippen molar-refractivity contribution in [2.45, 2.75) is 31.2 Å². The van der Waals surface area contributed by atoms with Crippen molar-refractivity contribution < 1.29 is 27.8 Å². The SMILES string of the molecule is CCOc1ccc(S(=O)(=O)N2C[C@@H](C)[C@@H](n3nc(CC(=O)O)c4cnc(OC)cc43)C2)cc1. The number of hydrogen-bond acceptors (Lipinski definition) is 7. The van der Waals surface area contributed by atoms with E-state index >= 15 is 0 Å². The lowest BCUT2D eigenvalue weighted by molar-refractivity contribution is -0.136. The third kappa shape index (κ3) is 4.38. The van der Waals surface area contributed by atoms with Gasteiger partial charge in [0.1, 0.15) is 5.75 Å². The summed E-state index contributed by atoms with van der Waals surface area (Å²) in [5, 5.41) is 14.5. The molecule has 1 N–H and O–H groups in total. The van der Waals surface area contributed by atoms with Crippen LogP contribution in [0.4, 0.5) is 0 Å². The van der Waals surface area contributed by atoms with Crippen LogP contribution in [0.15, 0.2) is 41.4 Å². The maximum atomic E-state index is 13.3. The first-order chi connectivity index (χ1) is 15.7. The summed E-state index contributed by atoms with van der Waals surface area (Å²) < 4.78 is 40.4. The largest absolute Gasteiger partial charge is 0.494 e. The fourth-order valence-electron chi connectivity index (χ4n) is 4.16. The van der Waals surface area contributed by atoms with Gasteiger partial charge in [0.2, 0.25) is 15.9 Å². The number of ether oxygens (including phenoxy) is 2. The van der Waals surface area contributed by atoms with Gasteiger partial charge in [-0.3, -0.25) is 9.48 Å². The van der Waals surface area contributed by atoms with Gasteiger partial charge in [-0.1, -0.05) is 6.92 Å². The van der Waals surface area contributed by atoms with E-state index in [-0.39, 0.29) is 29.8 Å². The highest BCUT2D eigenvalue weighted by molar-refractivity contribution is 7.89. The van der Waals surface area contributed by atoms with Crippen molar-refractivity contribution in [3.8, 4) is 11.6 Å². The zero-order valence-electron chi connectivity index (χ0n) is 18.6. The predicted octanol–water partition coefficient (Wildman–Crippen LogP) is 2.35. The Bertz CT molecular complexity index is 1270. The molecule has 2 aromatic heterocycles. The summed E-state index contributed by atoms with van der Waals surface area (Å²) in [7, 11) is -2.22. The summed E-state index contributed by atoms with van der Waals surface area (Å²) in [5.41, 5.74) is 1.04. The highest BCUT2D eigenvalue weighted by atomic mass is 32.2. The van der Waals surface area contributed by atoms with Crippen molar-refractivity contribution >= 4 is 26.9 Å². The molecular weight excluding hydrogens is 448 g/mol. The average molecular weight is 475 g/mol. The molecule has 0 amide bonds. The van der Waals surface area contributed by atoms with Gasteiger partial charge < -0.3 is 14.6 Å². The third-order valence-electron chi connectivity index (χ3n) is 5.80. The fraction of sp³-hybridized carbons (Fsp3) is 0.409. The van der Waals surface area contributed by atoms with Crippen LogP contribution in [0, 0.1) is 5.92 Å². The summed E-state index contributed by atoms with van der Waals surface area (Å²) in [6, 6.07) is 7.80. The van der Waals surface area contributed by atoms with Gasteiger partial charge in [0.15, 0.2) is 0 Å². The lowest BCUT2D eigenvalue weighted by Gasteiger charge is -2.18. The summed E-state index contributed by atoms with van der Waals surface area (Å²) in [6.07, 6.45) is 1.29. The molecular formula is C22H26N4O6S. The van der Waals surface area contributed by atoms with Crippen LogP contribution < -0.4 is 9.47 Å². The van der Waals surface area contributed by atoms with Crippen molar-refractivity contribution in [2.75, 3.05) is 26.8 Å². The van der Waals surface area contributed by atoms with Crippen LogP contribution in [0.2, 0.25) is 0 Å². The van der Waals surface area contributed by atoms with E-state index in [1.54, 1.807) is 41.2 Å². The van der Waals surface area contributed by atoms with E-state index in [1.807, 2.05) is 13.8 Å². The van der Waals surface area contributed by atoms with Crippen LogP contribution >= 0.6 is 0 Å². The first-order valence-corrected chi connectivity index (χ1v) is 12.0. The molecule has 0 spiro atoms. The molecule has 3 heterocycles. The molecule has 0 radical (unpaired) electrons. The topological polar surface area (TPSA) is 124 Å². The van der Waals surface area contributed by atoms with Gasteiger partial charge in [-0.05, 0) is 37.1 Å². The number of carboxylic acid groups (broad SMARTS) is 1. The van der Waals surface area contributed by atoms with E-state index in [0.29, 0.717) is 41.4 Å². The maximum Gasteiger partial charge on any atom is 0.309 e. The lowest BCUT2D eigenvalue weighted by Crippen LogP contribution is -2.29. The number of benzene rings is 1. The Morgan fingerprint density at radius 1 is 1.24 bits per heavy atom. The number of aromatic nitrogens is 3. The molecule has 1 fully saturated rings. The minimum atomic E-state index is -3.72. The normalized spacial score (nSPS) is 19.1. The molecule has 33 heavy (non-hydrogen) atoms. The molecule has 0 aliphatic carbocycles. The van der Waals surface area contributed by atoms with Gasteiger partial charge in [0.25, 0.3) is 0 Å². The van der Waals surface area contributed by atoms with E-state index < -0.39 is 16.0 Å². The minimum absolute atomic E-state index is 0.0533. The second kappa shape index (κ2) is 8.99. The van der Waals surface area contributed by atoms with E-state index in [4.69, 9.17) is 9.47 Å². The van der Waals surface area contributed by atoms with Crippen LogP contribution in [0.3, 0.4) is 0 Å². The van der Waals surface area contributed by atoms with Crippen molar-refractivity contribution in [1.82, 2.24) is 19.1 Å². The van der Waals surface area contributed by atoms with E-state index in [9.17, 15) is 18.3 Å². The Hall–Kier alpha value is -3.18. The molecule has 1 aliphatic heterocycles. The Balaban J connectivity index is 1.67. The van der Waals surface area contributed by atoms with Gasteiger partial charge in [-0.25, -0.2) is 13.4 Å². The smallest absolute Gasteiger partial charge is 0.309 e. The van der Waals surface area contributed by atoms with Gasteiger partial charge in [0.05, 0.1) is 42.3 Å². The van der Waals surface area contributed by atoms with Crippen LogP contribution in [0.25, 0.3) is 10.9 Å². The van der Waals surface area contributed by atoms with Crippen molar-refractivity contribution in [3.63, 3.8) is 0 Å². The molecule has 0 bridgehead atoms. The molecule has 3 aromatic rings. The molecule has 176 valence electrons. The van der Waals surface area contributed by atoms with E-state index in [0.717, 1.165) is 0 Å². The second-order valence-corrected chi connectivity index (χ2v) is 9.91. The van der Waals surface area contributed by atoms with E-state index in [2.05, 4.69) is 10.1 Å². The fourth-order valence-corrected chi connectivity index (χ4v) is 5.72. The highest BCUT2D eigenvalue weighted by Gasteiger charge is 2.39. The Morgan fingerprint density at radius 2 is 1.97 bits per heavy atom. The monoisotopic (exact) mass is 474 g/mol. The summed E-state index contributed by atoms with van der Waals surface area (Å²) in [4.78, 5) is 15.7. The second-order valence-electron chi connectivity index (χ2n) is 7.98. The van der Waals surface area contributed by atoms with Crippen LogP contribution in [-0.4, -0.2) is 65.4 Å². The number of sulfonamides is 1.